The van der Waals surface area contributed by atoms with Gasteiger partial charge in [0, 0.05) is 30.1 Å². The number of carbonyl (C=O) groups excluding carboxylic acids is 2. The second-order valence-corrected chi connectivity index (χ2v) is 8.23. The summed E-state index contributed by atoms with van der Waals surface area (Å²) in [6.45, 7) is 1.07. The molecule has 0 aromatic carbocycles. The van der Waals surface area contributed by atoms with Crippen LogP contribution in [0.5, 0.6) is 0 Å². The molecule has 1 aromatic rings. The van der Waals surface area contributed by atoms with Crippen LogP contribution in [0.1, 0.15) is 11.4 Å². The maximum atomic E-state index is 11.6. The van der Waals surface area contributed by atoms with Crippen LogP contribution in [0.4, 0.5) is 15.4 Å². The minimum absolute atomic E-state index is 0.0385. The highest BCUT2D eigenvalue weighted by Gasteiger charge is 2.44. The molecule has 0 aliphatic carbocycles. The molecule has 0 unspecified atom stereocenters. The molecule has 8 N–H and O–H groups in total. The van der Waals surface area contributed by atoms with Crippen LogP contribution in [0.3, 0.4) is 0 Å². The van der Waals surface area contributed by atoms with Crippen LogP contribution in [0.15, 0.2) is 16.8 Å². The van der Waals surface area contributed by atoms with E-state index in [4.69, 9.17) is 38.8 Å². The van der Waals surface area contributed by atoms with Crippen molar-refractivity contribution in [2.24, 2.45) is 10.6 Å². The minimum atomic E-state index is -1.67. The summed E-state index contributed by atoms with van der Waals surface area (Å²) in [6.07, 6.45) is -4.45. The number of halogens is 2. The van der Waals surface area contributed by atoms with Crippen molar-refractivity contribution in [3.8, 4) is 0 Å². The van der Waals surface area contributed by atoms with Gasteiger partial charge in [-0.2, -0.15) is 10.0 Å². The number of nitroso groups, excluding NO2 is 2. The van der Waals surface area contributed by atoms with E-state index in [1.54, 1.807) is 6.92 Å². The lowest BCUT2D eigenvalue weighted by atomic mass is 9.97. The third-order valence-corrected chi connectivity index (χ3v) is 5.24. The van der Waals surface area contributed by atoms with Gasteiger partial charge in [0.2, 0.25) is 0 Å². The molecule has 1 saturated heterocycles. The molecule has 0 bridgehead atoms. The number of aliphatic hydroxyl groups is 4. The molecule has 1 aliphatic heterocycles. The van der Waals surface area contributed by atoms with E-state index in [0.717, 1.165) is 0 Å². The highest BCUT2D eigenvalue weighted by atomic mass is 35.5. The number of hydrogen-bond acceptors (Lipinski definition) is 14. The van der Waals surface area contributed by atoms with Crippen molar-refractivity contribution in [1.29, 1.82) is 0 Å². The summed E-state index contributed by atoms with van der Waals surface area (Å²) in [7, 11) is 0. The van der Waals surface area contributed by atoms with Crippen molar-refractivity contribution in [3.63, 3.8) is 0 Å². The molecule has 0 spiro atoms. The minimum Gasteiger partial charge on any atom is -0.394 e. The summed E-state index contributed by atoms with van der Waals surface area (Å²) in [5.74, 6) is 0.905. The van der Waals surface area contributed by atoms with Crippen molar-refractivity contribution in [2.75, 3.05) is 37.2 Å². The van der Waals surface area contributed by atoms with Crippen LogP contribution in [0, 0.1) is 16.7 Å². The van der Waals surface area contributed by atoms with Crippen LogP contribution in [-0.4, -0.2) is 115 Å². The third-order valence-electron chi connectivity index (χ3n) is 4.90. The Labute approximate surface area is 225 Å². The zero-order valence-corrected chi connectivity index (χ0v) is 21.6. The molecule has 0 saturated carbocycles. The number of nitrogens with one attached hydrogen (secondary N) is 2. The van der Waals surface area contributed by atoms with Crippen molar-refractivity contribution < 1.29 is 34.8 Å². The van der Waals surface area contributed by atoms with Gasteiger partial charge < -0.3 is 41.5 Å². The van der Waals surface area contributed by atoms with E-state index in [9.17, 15) is 34.7 Å². The lowest BCUT2D eigenvalue weighted by Crippen LogP contribution is -2.65. The Balaban J connectivity index is 0.000000382. The Morgan fingerprint density at radius 2 is 1.68 bits per heavy atom. The van der Waals surface area contributed by atoms with E-state index in [2.05, 4.69) is 31.2 Å². The fourth-order valence-electron chi connectivity index (χ4n) is 2.90. The first-order valence-corrected chi connectivity index (χ1v) is 11.9. The van der Waals surface area contributed by atoms with E-state index in [1.165, 1.54) is 6.20 Å². The molecule has 1 fully saturated rings. The van der Waals surface area contributed by atoms with Crippen molar-refractivity contribution in [1.82, 2.24) is 30.6 Å². The molecule has 214 valence electrons. The van der Waals surface area contributed by atoms with Gasteiger partial charge in [0.1, 0.15) is 36.0 Å². The van der Waals surface area contributed by atoms with E-state index < -0.39 is 49.3 Å². The van der Waals surface area contributed by atoms with Gasteiger partial charge in [-0.1, -0.05) is 0 Å². The molecule has 1 aliphatic rings. The van der Waals surface area contributed by atoms with E-state index in [-0.39, 0.29) is 37.2 Å². The number of rotatable bonds is 10. The van der Waals surface area contributed by atoms with Crippen LogP contribution in [0.25, 0.3) is 0 Å². The predicted molar refractivity (Wildman–Crippen MR) is 132 cm³/mol. The van der Waals surface area contributed by atoms with Gasteiger partial charge in [0.05, 0.1) is 30.3 Å². The van der Waals surface area contributed by atoms with Gasteiger partial charge in [0.15, 0.2) is 6.29 Å². The molecule has 2 rings (SSSR count). The summed E-state index contributed by atoms with van der Waals surface area (Å²) in [5.41, 5.74) is 6.21. The molecule has 38 heavy (non-hydrogen) atoms. The molecule has 4 amide bonds. The second-order valence-electron chi connectivity index (χ2n) is 7.48. The molecule has 18 nitrogen and oxygen atoms in total. The summed E-state index contributed by atoms with van der Waals surface area (Å²) in [4.78, 5) is 51.8. The fraction of sp³-hybridized carbons (Fsp3) is 0.667. The number of nitrogens with two attached hydrogens (primary N) is 1. The largest absolute Gasteiger partial charge is 0.394 e. The van der Waals surface area contributed by atoms with Crippen LogP contribution < -0.4 is 16.4 Å². The lowest BCUT2D eigenvalue weighted by molar-refractivity contribution is -0.252. The SMILES string of the molecule is Cc1ncc(CNC(=O)N(CCCl)N=O)c(N)n1.O=NN(CCCl)C(=O)N[C@@H]1[C@@H](O)[C@H](O)[C@@H](CO)O[C@@H]1O. The van der Waals surface area contributed by atoms with E-state index in [0.29, 0.717) is 21.4 Å². The van der Waals surface area contributed by atoms with Gasteiger partial charge in [0.25, 0.3) is 0 Å². The maximum Gasteiger partial charge on any atom is 0.340 e. The van der Waals surface area contributed by atoms with Crippen LogP contribution in [-0.2, 0) is 11.3 Å². The van der Waals surface area contributed by atoms with E-state index in [1.807, 2.05) is 0 Å². The standard InChI is InChI=1S/C9H13ClN6O2.C9H16ClN3O7/c1-6-12-4-7(8(11)14-6)5-13-9(17)16(15-18)3-2-10;10-1-2-13(12-19)9(18)11-5-7(16)6(15)4(3-14)20-8(5)17/h4H,2-3,5H2,1H3,(H,13,17)(H2,11,12,14);4-8,14-17H,1-3H2,(H,11,18)/t;4-,5-,6-,7-,8+/m.1/s1. The zero-order valence-electron chi connectivity index (χ0n) is 20.1. The quantitative estimate of drug-likeness (QED) is 0.0940. The Hall–Kier alpha value is -3.00. The molecular weight excluding hydrogens is 557 g/mol. The number of carbonyl (C=O) groups is 2. The first kappa shape index (κ1) is 33.0. The second kappa shape index (κ2) is 16.8. The summed E-state index contributed by atoms with van der Waals surface area (Å²) in [6, 6.07) is -3.05. The topological polar surface area (TPSA) is 265 Å². The van der Waals surface area contributed by atoms with Crippen molar-refractivity contribution in [2.45, 2.75) is 44.1 Å². The number of anilines is 1. The number of aliphatic hydroxyl groups excluding tert-OH is 4. The molecule has 20 heteroatoms. The van der Waals surface area contributed by atoms with Crippen molar-refractivity contribution in [3.05, 3.63) is 27.4 Å². The number of aromatic nitrogens is 2. The van der Waals surface area contributed by atoms with E-state index >= 15 is 0 Å². The normalized spacial score (nSPS) is 22.3. The molecule has 2 heterocycles. The number of aryl methyl sites for hydroxylation is 1. The number of nitrogen functional groups attached to an aromatic ring is 1. The van der Waals surface area contributed by atoms with Gasteiger partial charge >= 0.3 is 12.1 Å². The summed E-state index contributed by atoms with van der Waals surface area (Å²) >= 11 is 10.8. The highest BCUT2D eigenvalue weighted by molar-refractivity contribution is 6.18. The first-order chi connectivity index (χ1) is 18.0. The van der Waals surface area contributed by atoms with Gasteiger partial charge in [-0.25, -0.2) is 19.6 Å². The Kier molecular flexibility index (Phi) is 14.6. The first-order valence-electron chi connectivity index (χ1n) is 10.8. The number of nitrogens with zero attached hydrogens (tertiary/aromatic N) is 6. The average Bonchev–Trinajstić information content (AvgIpc) is 2.89. The average molecular weight is 586 g/mol. The van der Waals surface area contributed by atoms with Gasteiger partial charge in [-0.3, -0.25) is 0 Å². The summed E-state index contributed by atoms with van der Waals surface area (Å²) in [5, 5.41) is 48.6. The maximum absolute atomic E-state index is 11.6. The molecule has 1 aromatic heterocycles. The highest BCUT2D eigenvalue weighted by Crippen LogP contribution is 2.20. The number of alkyl halides is 2. The fourth-order valence-corrected chi connectivity index (χ4v) is 3.22. The molecule has 5 atom stereocenters. The monoisotopic (exact) mass is 585 g/mol. The lowest BCUT2D eigenvalue weighted by Gasteiger charge is -2.40. The van der Waals surface area contributed by atoms with Crippen molar-refractivity contribution >= 4 is 41.1 Å². The van der Waals surface area contributed by atoms with Gasteiger partial charge in [-0.05, 0) is 6.92 Å². The Bertz CT molecular complexity index is 935. The molecule has 0 radical (unpaired) electrons. The van der Waals surface area contributed by atoms with Crippen LogP contribution >= 0.6 is 23.2 Å². The zero-order chi connectivity index (χ0) is 28.8. The Morgan fingerprint density at radius 3 is 2.18 bits per heavy atom. The van der Waals surface area contributed by atoms with Gasteiger partial charge in [-0.15, -0.1) is 33.0 Å². The number of amides is 4. The van der Waals surface area contributed by atoms with Crippen LogP contribution in [0.2, 0.25) is 0 Å². The molecular formula is C18H29Cl2N9O9. The number of hydrogen-bond donors (Lipinski definition) is 7. The summed E-state index contributed by atoms with van der Waals surface area (Å²) < 4.78 is 4.83. The smallest absolute Gasteiger partial charge is 0.340 e. The number of ether oxygens (including phenoxy) is 1. The number of urea groups is 2. The Morgan fingerprint density at radius 1 is 1.11 bits per heavy atom. The predicted octanol–water partition coefficient (Wildman–Crippen LogP) is -1.48. The third kappa shape index (κ3) is 9.71.